The Hall–Kier alpha value is -2.55. The first-order valence-electron chi connectivity index (χ1n) is 31.2. The van der Waals surface area contributed by atoms with Crippen LogP contribution in [0.4, 0.5) is 0 Å². The van der Waals surface area contributed by atoms with Crippen molar-refractivity contribution in [1.82, 2.24) is 5.32 Å². The highest BCUT2D eigenvalue weighted by Gasteiger charge is 2.27. The molecule has 0 spiro atoms. The minimum Gasteiger partial charge on any atom is -0.756 e. The first-order chi connectivity index (χ1) is 36.4. The van der Waals surface area contributed by atoms with Gasteiger partial charge in [-0.05, 0) is 70.3 Å². The molecular formula is C65H119N2O7P. The molecule has 1 amide bonds. The summed E-state index contributed by atoms with van der Waals surface area (Å²) in [5.41, 5.74) is 0. The number of nitrogens with one attached hydrogen (secondary N) is 1. The maximum Gasteiger partial charge on any atom is 0.306 e. The molecule has 3 atom stereocenters. The first-order valence-corrected chi connectivity index (χ1v) is 32.7. The van der Waals surface area contributed by atoms with Gasteiger partial charge in [-0.3, -0.25) is 14.2 Å². The van der Waals surface area contributed by atoms with Crippen molar-refractivity contribution in [2.24, 2.45) is 0 Å². The quantitative estimate of drug-likeness (QED) is 0.0212. The van der Waals surface area contributed by atoms with E-state index in [1.807, 2.05) is 33.3 Å². The smallest absolute Gasteiger partial charge is 0.306 e. The number of carbonyl (C=O) groups is 2. The molecule has 75 heavy (non-hydrogen) atoms. The summed E-state index contributed by atoms with van der Waals surface area (Å²) >= 11 is 0. The highest BCUT2D eigenvalue weighted by atomic mass is 31.2. The molecule has 0 aromatic heterocycles. The topological polar surface area (TPSA) is 114 Å². The lowest BCUT2D eigenvalue weighted by Gasteiger charge is -2.30. The van der Waals surface area contributed by atoms with E-state index in [2.05, 4.69) is 86.8 Å². The van der Waals surface area contributed by atoms with Gasteiger partial charge in [-0.1, -0.05) is 267 Å². The van der Waals surface area contributed by atoms with E-state index < -0.39 is 32.5 Å². The Morgan fingerprint density at radius 1 is 0.480 bits per heavy atom. The number of rotatable bonds is 56. The number of nitrogens with zero attached hydrogens (tertiary/aromatic N) is 1. The number of carbonyl (C=O) groups excluding carboxylic acids is 2. The number of amides is 1. The van der Waals surface area contributed by atoms with Crippen LogP contribution in [0, 0.1) is 0 Å². The van der Waals surface area contributed by atoms with Gasteiger partial charge in [0.2, 0.25) is 5.91 Å². The fraction of sp³-hybridized carbons (Fsp3) is 0.785. The van der Waals surface area contributed by atoms with Crippen LogP contribution in [0.5, 0.6) is 0 Å². The Morgan fingerprint density at radius 2 is 0.867 bits per heavy atom. The summed E-state index contributed by atoms with van der Waals surface area (Å²) in [5, 5.41) is 3.02. The van der Waals surface area contributed by atoms with Crippen molar-refractivity contribution in [2.75, 3.05) is 40.9 Å². The van der Waals surface area contributed by atoms with Crippen LogP contribution in [0.25, 0.3) is 0 Å². The molecule has 0 saturated heterocycles. The van der Waals surface area contributed by atoms with Crippen LogP contribution in [0.3, 0.4) is 0 Å². The summed E-state index contributed by atoms with van der Waals surface area (Å²) in [6, 6.07) is -0.911. The SMILES string of the molecule is CC/C=C\C/C=C\C/C=C\C/C=C\C/C=C\CCCC(=O)OC(/C=C/CCCCCCCCCCCCC)C(COP(=O)([O-])OCC[N+](C)(C)C)NC(=O)CCCCCCCCCCCCCCCCCCCCC. The highest BCUT2D eigenvalue weighted by molar-refractivity contribution is 7.45. The Kier molecular flexibility index (Phi) is 52.9. The number of ether oxygens (including phenoxy) is 1. The second-order valence-corrected chi connectivity index (χ2v) is 23.6. The van der Waals surface area contributed by atoms with Crippen LogP contribution in [-0.4, -0.2) is 69.4 Å². The number of allylic oxidation sites excluding steroid dienone is 11. The van der Waals surface area contributed by atoms with Crippen molar-refractivity contribution in [2.45, 2.75) is 290 Å². The maximum absolute atomic E-state index is 13.5. The van der Waals surface area contributed by atoms with E-state index in [1.165, 1.54) is 161 Å². The van der Waals surface area contributed by atoms with E-state index in [1.54, 1.807) is 0 Å². The number of esters is 1. The zero-order valence-corrected chi connectivity index (χ0v) is 50.6. The zero-order valence-electron chi connectivity index (χ0n) is 49.7. The van der Waals surface area contributed by atoms with Gasteiger partial charge in [0.05, 0.1) is 33.8 Å². The minimum absolute atomic E-state index is 0.0319. The van der Waals surface area contributed by atoms with Crippen LogP contribution < -0.4 is 10.2 Å². The largest absolute Gasteiger partial charge is 0.756 e. The van der Waals surface area contributed by atoms with Gasteiger partial charge < -0.3 is 28.5 Å². The molecule has 436 valence electrons. The highest BCUT2D eigenvalue weighted by Crippen LogP contribution is 2.38. The minimum atomic E-state index is -4.71. The molecule has 0 fully saturated rings. The van der Waals surface area contributed by atoms with Crippen molar-refractivity contribution >= 4 is 19.7 Å². The number of phosphoric acid groups is 1. The molecule has 0 heterocycles. The van der Waals surface area contributed by atoms with E-state index in [9.17, 15) is 19.0 Å². The van der Waals surface area contributed by atoms with Crippen LogP contribution >= 0.6 is 7.82 Å². The van der Waals surface area contributed by atoms with Crippen molar-refractivity contribution in [3.8, 4) is 0 Å². The third-order valence-corrected chi connectivity index (χ3v) is 14.6. The molecule has 0 rings (SSSR count). The molecule has 0 saturated carbocycles. The monoisotopic (exact) mass is 1070 g/mol. The molecule has 0 aliphatic heterocycles. The zero-order chi connectivity index (χ0) is 55.0. The van der Waals surface area contributed by atoms with E-state index in [4.69, 9.17) is 13.8 Å². The number of hydrogen-bond acceptors (Lipinski definition) is 7. The summed E-state index contributed by atoms with van der Waals surface area (Å²) in [4.78, 5) is 40.0. The third-order valence-electron chi connectivity index (χ3n) is 13.7. The molecule has 10 heteroatoms. The first kappa shape index (κ1) is 72.5. The van der Waals surface area contributed by atoms with Crippen LogP contribution in [0.15, 0.2) is 72.9 Å². The Balaban J connectivity index is 5.34. The summed E-state index contributed by atoms with van der Waals surface area (Å²) < 4.78 is 30.3. The number of hydrogen-bond donors (Lipinski definition) is 1. The summed E-state index contributed by atoms with van der Waals surface area (Å²) in [6.45, 7) is 6.71. The molecule has 0 aromatic rings. The molecule has 0 aliphatic carbocycles. The number of phosphoric ester groups is 1. The fourth-order valence-corrected chi connectivity index (χ4v) is 9.58. The molecule has 1 N–H and O–H groups in total. The third kappa shape index (κ3) is 56.0. The van der Waals surface area contributed by atoms with Crippen molar-refractivity contribution in [3.63, 3.8) is 0 Å². The lowest BCUT2D eigenvalue weighted by Crippen LogP contribution is -2.47. The second kappa shape index (κ2) is 54.8. The van der Waals surface area contributed by atoms with Gasteiger partial charge in [-0.2, -0.15) is 0 Å². The molecule has 0 aromatic carbocycles. The lowest BCUT2D eigenvalue weighted by molar-refractivity contribution is -0.870. The van der Waals surface area contributed by atoms with Crippen molar-refractivity contribution in [3.05, 3.63) is 72.9 Å². The summed E-state index contributed by atoms with van der Waals surface area (Å²) in [5.74, 6) is -0.602. The summed E-state index contributed by atoms with van der Waals surface area (Å²) in [7, 11) is 1.16. The van der Waals surface area contributed by atoms with Crippen molar-refractivity contribution in [1.29, 1.82) is 0 Å². The molecular weight excluding hydrogens is 952 g/mol. The van der Waals surface area contributed by atoms with Crippen LogP contribution in [0.1, 0.15) is 278 Å². The van der Waals surface area contributed by atoms with Crippen molar-refractivity contribution < 1.29 is 37.3 Å². The van der Waals surface area contributed by atoms with Gasteiger partial charge in [0.15, 0.2) is 0 Å². The Labute approximate surface area is 463 Å². The van der Waals surface area contributed by atoms with Crippen LogP contribution in [0.2, 0.25) is 0 Å². The molecule has 0 aliphatic rings. The number of unbranched alkanes of at least 4 members (excludes halogenated alkanes) is 30. The van der Waals surface area contributed by atoms with Gasteiger partial charge in [-0.25, -0.2) is 0 Å². The average molecular weight is 1070 g/mol. The number of quaternary nitrogens is 1. The predicted octanol–water partition coefficient (Wildman–Crippen LogP) is 18.6. The van der Waals surface area contributed by atoms with Gasteiger partial charge in [-0.15, -0.1) is 0 Å². The lowest BCUT2D eigenvalue weighted by atomic mass is 10.0. The normalized spacial score (nSPS) is 14.2. The summed E-state index contributed by atoms with van der Waals surface area (Å²) in [6.07, 6.45) is 70.2. The molecule has 0 radical (unpaired) electrons. The van der Waals surface area contributed by atoms with E-state index in [0.29, 0.717) is 23.9 Å². The van der Waals surface area contributed by atoms with Gasteiger partial charge in [0.25, 0.3) is 7.82 Å². The van der Waals surface area contributed by atoms with Gasteiger partial charge in [0, 0.05) is 12.8 Å². The standard InChI is InChI=1S/C65H119N2O7P/c1-7-10-13-16-19-22-25-28-30-32-33-35-36-39-42-45-48-51-54-57-64(68)66-62(61-73-75(70,71)72-60-59-67(4,5)6)63(56-53-50-47-44-41-38-27-24-21-18-15-12-9-3)74-65(69)58-55-52-49-46-43-40-37-34-31-29-26-23-20-17-14-11-8-2/h11,14,20,23,29,31,37,40,46,49,53,56,62-63H,7-10,12-13,15-19,21-22,24-28,30,32-36,38-39,41-45,47-48,50-52,54-55,57-61H2,1-6H3,(H-,66,68,70,71)/b14-11-,23-20-,31-29-,40-37-,49-46-,56-53+. The Morgan fingerprint density at radius 3 is 1.29 bits per heavy atom. The molecule has 3 unspecified atom stereocenters. The average Bonchev–Trinajstić information content (AvgIpc) is 3.37. The number of likely N-dealkylation sites (N-methyl/N-ethyl adjacent to an activating group) is 1. The molecule has 0 bridgehead atoms. The van der Waals surface area contributed by atoms with Crippen LogP contribution in [-0.2, 0) is 27.9 Å². The Bertz CT molecular complexity index is 1510. The van der Waals surface area contributed by atoms with Gasteiger partial charge >= 0.3 is 5.97 Å². The fourth-order valence-electron chi connectivity index (χ4n) is 8.85. The van der Waals surface area contributed by atoms with Gasteiger partial charge in [0.1, 0.15) is 19.3 Å². The predicted molar refractivity (Wildman–Crippen MR) is 321 cm³/mol. The van der Waals surface area contributed by atoms with E-state index >= 15 is 0 Å². The van der Waals surface area contributed by atoms with E-state index in [0.717, 1.165) is 77.0 Å². The van der Waals surface area contributed by atoms with E-state index in [-0.39, 0.29) is 18.9 Å². The maximum atomic E-state index is 13.5. The second-order valence-electron chi connectivity index (χ2n) is 22.2. The molecule has 9 nitrogen and oxygen atoms in total.